The van der Waals surface area contributed by atoms with Crippen LogP contribution in [0.5, 0.6) is 0 Å². The summed E-state index contributed by atoms with van der Waals surface area (Å²) in [6, 6.07) is 3.81. The van der Waals surface area contributed by atoms with Crippen molar-refractivity contribution in [3.8, 4) is 0 Å². The first-order valence-electron chi connectivity index (χ1n) is 5.48. The topological polar surface area (TPSA) is 42.0 Å². The number of nitrogens with zero attached hydrogens (tertiary/aromatic N) is 1. The molecule has 0 bridgehead atoms. The van der Waals surface area contributed by atoms with E-state index < -0.39 is 4.75 Å². The van der Waals surface area contributed by atoms with Gasteiger partial charge in [0.2, 0.25) is 5.91 Å². The van der Waals surface area contributed by atoms with Crippen molar-refractivity contribution < 1.29 is 4.79 Å². The summed E-state index contributed by atoms with van der Waals surface area (Å²) in [6.45, 7) is 6.37. The van der Waals surface area contributed by atoms with Crippen LogP contribution in [0.1, 0.15) is 31.5 Å². The molecule has 16 heavy (non-hydrogen) atoms. The van der Waals surface area contributed by atoms with Crippen LogP contribution in [0, 0.1) is 6.92 Å². The summed E-state index contributed by atoms with van der Waals surface area (Å²) >= 11 is 4.52. The smallest absolute Gasteiger partial charge is 0.240 e. The van der Waals surface area contributed by atoms with Crippen molar-refractivity contribution in [1.29, 1.82) is 0 Å². The highest BCUT2D eigenvalue weighted by atomic mass is 32.1. The Bertz CT molecular complexity index is 364. The summed E-state index contributed by atoms with van der Waals surface area (Å²) in [5.41, 5.74) is 1.78. The lowest BCUT2D eigenvalue weighted by Gasteiger charge is -2.26. The molecule has 0 spiro atoms. The van der Waals surface area contributed by atoms with E-state index in [1.807, 2.05) is 32.9 Å². The monoisotopic (exact) mass is 238 g/mol. The van der Waals surface area contributed by atoms with Crippen LogP contribution in [0.25, 0.3) is 0 Å². The van der Waals surface area contributed by atoms with Crippen LogP contribution in [0.3, 0.4) is 0 Å². The number of likely N-dealkylation sites (N-methyl/N-ethyl adjacent to an activating group) is 1. The fourth-order valence-electron chi connectivity index (χ4n) is 1.52. The van der Waals surface area contributed by atoms with Crippen LogP contribution < -0.4 is 5.32 Å². The highest BCUT2D eigenvalue weighted by Gasteiger charge is 2.34. The first kappa shape index (κ1) is 13.0. The predicted octanol–water partition coefficient (Wildman–Crippen LogP) is 2.06. The molecule has 0 fully saturated rings. The zero-order valence-corrected chi connectivity index (χ0v) is 10.8. The minimum atomic E-state index is -0.781. The fourth-order valence-corrected chi connectivity index (χ4v) is 1.73. The van der Waals surface area contributed by atoms with Gasteiger partial charge in [-0.2, -0.15) is 12.6 Å². The van der Waals surface area contributed by atoms with Crippen LogP contribution in [-0.2, 0) is 9.54 Å². The van der Waals surface area contributed by atoms with Crippen molar-refractivity contribution in [3.63, 3.8) is 0 Å². The SMILES string of the molecule is CCNC(=O)C(S)(CC)c1ccc(C)nc1. The molecule has 0 aliphatic rings. The second-order valence-electron chi connectivity index (χ2n) is 3.76. The second kappa shape index (κ2) is 5.34. The van der Waals surface area contributed by atoms with Gasteiger partial charge in [-0.25, -0.2) is 0 Å². The van der Waals surface area contributed by atoms with E-state index in [0.29, 0.717) is 13.0 Å². The molecule has 1 N–H and O–H groups in total. The predicted molar refractivity (Wildman–Crippen MR) is 68.6 cm³/mol. The molecule has 0 aromatic carbocycles. The summed E-state index contributed by atoms with van der Waals surface area (Å²) in [5.74, 6) is -0.0634. The Hall–Kier alpha value is -1.03. The van der Waals surface area contributed by atoms with Crippen LogP contribution in [0.15, 0.2) is 18.3 Å². The number of amides is 1. The molecule has 1 rings (SSSR count). The van der Waals surface area contributed by atoms with E-state index in [-0.39, 0.29) is 5.91 Å². The third-order valence-corrected chi connectivity index (χ3v) is 3.39. The molecule has 0 saturated carbocycles. The van der Waals surface area contributed by atoms with Crippen molar-refractivity contribution in [2.24, 2.45) is 0 Å². The zero-order chi connectivity index (χ0) is 12.2. The largest absolute Gasteiger partial charge is 0.355 e. The number of aryl methyl sites for hydroxylation is 1. The number of nitrogens with one attached hydrogen (secondary N) is 1. The Morgan fingerprint density at radius 3 is 2.62 bits per heavy atom. The maximum absolute atomic E-state index is 12.0. The van der Waals surface area contributed by atoms with E-state index in [0.717, 1.165) is 11.3 Å². The maximum atomic E-state index is 12.0. The number of pyridine rings is 1. The average Bonchev–Trinajstić information content (AvgIpc) is 2.29. The lowest BCUT2D eigenvalue weighted by atomic mass is 9.95. The van der Waals surface area contributed by atoms with E-state index in [2.05, 4.69) is 22.9 Å². The average molecular weight is 238 g/mol. The summed E-state index contributed by atoms with van der Waals surface area (Å²) in [7, 11) is 0. The molecule has 0 aliphatic heterocycles. The Labute approximate surface area is 102 Å². The number of carbonyl (C=O) groups excluding carboxylic acids is 1. The van der Waals surface area contributed by atoms with Gasteiger partial charge in [0, 0.05) is 18.4 Å². The number of thiol groups is 1. The third kappa shape index (κ3) is 2.55. The van der Waals surface area contributed by atoms with E-state index in [9.17, 15) is 4.79 Å². The number of carbonyl (C=O) groups is 1. The molecule has 0 aliphatic carbocycles. The highest BCUT2D eigenvalue weighted by molar-refractivity contribution is 7.82. The van der Waals surface area contributed by atoms with Crippen molar-refractivity contribution in [2.75, 3.05) is 6.54 Å². The van der Waals surface area contributed by atoms with Crippen molar-refractivity contribution in [1.82, 2.24) is 10.3 Å². The van der Waals surface area contributed by atoms with Gasteiger partial charge >= 0.3 is 0 Å². The summed E-state index contributed by atoms with van der Waals surface area (Å²) in [6.07, 6.45) is 2.35. The summed E-state index contributed by atoms with van der Waals surface area (Å²) in [5, 5.41) is 2.81. The molecule has 4 heteroatoms. The van der Waals surface area contributed by atoms with Crippen LogP contribution in [0.4, 0.5) is 0 Å². The van der Waals surface area contributed by atoms with Crippen molar-refractivity contribution >= 4 is 18.5 Å². The van der Waals surface area contributed by atoms with E-state index in [4.69, 9.17) is 0 Å². The number of aromatic nitrogens is 1. The molecular formula is C12H18N2OS. The molecule has 0 radical (unpaired) electrons. The number of hydrogen-bond acceptors (Lipinski definition) is 3. The Morgan fingerprint density at radius 1 is 1.50 bits per heavy atom. The fraction of sp³-hybridized carbons (Fsp3) is 0.500. The molecule has 1 aromatic heterocycles. The van der Waals surface area contributed by atoms with Crippen LogP contribution in [0.2, 0.25) is 0 Å². The highest BCUT2D eigenvalue weighted by Crippen LogP contribution is 2.32. The van der Waals surface area contributed by atoms with Gasteiger partial charge in [-0.15, -0.1) is 0 Å². The van der Waals surface area contributed by atoms with Gasteiger partial charge in [0.25, 0.3) is 0 Å². The Morgan fingerprint density at radius 2 is 2.19 bits per heavy atom. The van der Waals surface area contributed by atoms with E-state index in [1.54, 1.807) is 6.20 Å². The first-order chi connectivity index (χ1) is 7.54. The molecule has 1 atom stereocenters. The number of rotatable bonds is 4. The molecule has 1 unspecified atom stereocenters. The summed E-state index contributed by atoms with van der Waals surface area (Å²) in [4.78, 5) is 16.2. The minimum absolute atomic E-state index is 0.0634. The Balaban J connectivity index is 3.04. The first-order valence-corrected chi connectivity index (χ1v) is 5.93. The maximum Gasteiger partial charge on any atom is 0.240 e. The molecule has 88 valence electrons. The van der Waals surface area contributed by atoms with Gasteiger partial charge in [0.15, 0.2) is 0 Å². The quantitative estimate of drug-likeness (QED) is 0.788. The van der Waals surface area contributed by atoms with Crippen LogP contribution in [-0.4, -0.2) is 17.4 Å². The van der Waals surface area contributed by atoms with Gasteiger partial charge in [-0.3, -0.25) is 9.78 Å². The van der Waals surface area contributed by atoms with E-state index >= 15 is 0 Å². The zero-order valence-electron chi connectivity index (χ0n) is 9.95. The molecule has 0 saturated heterocycles. The van der Waals surface area contributed by atoms with Crippen LogP contribution >= 0.6 is 12.6 Å². The molecule has 3 nitrogen and oxygen atoms in total. The minimum Gasteiger partial charge on any atom is -0.355 e. The van der Waals surface area contributed by atoms with Gasteiger partial charge in [0.1, 0.15) is 4.75 Å². The van der Waals surface area contributed by atoms with Gasteiger partial charge in [0.05, 0.1) is 0 Å². The van der Waals surface area contributed by atoms with Gasteiger partial charge < -0.3 is 5.32 Å². The molecule has 1 amide bonds. The molecule has 1 aromatic rings. The molecular weight excluding hydrogens is 220 g/mol. The second-order valence-corrected chi connectivity index (χ2v) is 4.52. The standard InChI is InChI=1S/C12H18N2OS/c1-4-12(16,11(15)13-5-2)10-7-6-9(3)14-8-10/h6-8,16H,4-5H2,1-3H3,(H,13,15). The van der Waals surface area contributed by atoms with Crippen molar-refractivity contribution in [2.45, 2.75) is 31.9 Å². The lowest BCUT2D eigenvalue weighted by Crippen LogP contribution is -2.40. The normalized spacial score (nSPS) is 14.2. The van der Waals surface area contributed by atoms with Crippen molar-refractivity contribution in [3.05, 3.63) is 29.6 Å². The van der Waals surface area contributed by atoms with Gasteiger partial charge in [-0.1, -0.05) is 13.0 Å². The van der Waals surface area contributed by atoms with E-state index in [1.165, 1.54) is 0 Å². The van der Waals surface area contributed by atoms with Gasteiger partial charge in [-0.05, 0) is 31.9 Å². The third-order valence-electron chi connectivity index (χ3n) is 2.61. The Kier molecular flexibility index (Phi) is 4.35. The lowest BCUT2D eigenvalue weighted by molar-refractivity contribution is -0.123. The molecule has 1 heterocycles. The summed E-state index contributed by atoms with van der Waals surface area (Å²) < 4.78 is -0.781. The number of hydrogen-bond donors (Lipinski definition) is 2.